The Morgan fingerprint density at radius 2 is 2.28 bits per heavy atom. The van der Waals surface area contributed by atoms with E-state index in [0.29, 0.717) is 23.3 Å². The standard InChI is InChI=1S/C14H21N3O/c1-10-5-3-6-11(9-10)17(2)14(18)13-12(15)7-4-8-16-13/h4,7-8,10-11H,3,5-6,9,15H2,1-2H3. The summed E-state index contributed by atoms with van der Waals surface area (Å²) in [7, 11) is 1.86. The van der Waals surface area contributed by atoms with Crippen LogP contribution in [0.5, 0.6) is 0 Å². The Balaban J connectivity index is 2.11. The Morgan fingerprint density at radius 1 is 1.50 bits per heavy atom. The van der Waals surface area contributed by atoms with E-state index in [1.165, 1.54) is 12.8 Å². The van der Waals surface area contributed by atoms with E-state index in [-0.39, 0.29) is 5.91 Å². The van der Waals surface area contributed by atoms with Gasteiger partial charge in [-0.1, -0.05) is 19.8 Å². The van der Waals surface area contributed by atoms with Gasteiger partial charge in [-0.15, -0.1) is 0 Å². The largest absolute Gasteiger partial charge is 0.397 e. The van der Waals surface area contributed by atoms with Crippen molar-refractivity contribution in [2.75, 3.05) is 12.8 Å². The van der Waals surface area contributed by atoms with Crippen LogP contribution < -0.4 is 5.73 Å². The van der Waals surface area contributed by atoms with E-state index in [4.69, 9.17) is 5.73 Å². The summed E-state index contributed by atoms with van der Waals surface area (Å²) in [4.78, 5) is 18.3. The fourth-order valence-corrected chi connectivity index (χ4v) is 2.68. The summed E-state index contributed by atoms with van der Waals surface area (Å²) in [5.41, 5.74) is 6.64. The molecule has 1 amide bonds. The molecule has 1 fully saturated rings. The molecule has 0 aliphatic heterocycles. The number of nitrogens with zero attached hydrogens (tertiary/aromatic N) is 2. The molecule has 1 aromatic rings. The monoisotopic (exact) mass is 247 g/mol. The van der Waals surface area contributed by atoms with Crippen molar-refractivity contribution in [3.8, 4) is 0 Å². The molecule has 0 bridgehead atoms. The summed E-state index contributed by atoms with van der Waals surface area (Å²) in [6.45, 7) is 2.25. The second-order valence-corrected chi connectivity index (χ2v) is 5.28. The summed E-state index contributed by atoms with van der Waals surface area (Å²) >= 11 is 0. The van der Waals surface area contributed by atoms with Gasteiger partial charge in [-0.25, -0.2) is 4.98 Å². The molecule has 1 heterocycles. The Kier molecular flexibility index (Phi) is 3.84. The predicted molar refractivity (Wildman–Crippen MR) is 72.2 cm³/mol. The van der Waals surface area contributed by atoms with Crippen molar-refractivity contribution >= 4 is 11.6 Å². The maximum atomic E-state index is 12.4. The minimum Gasteiger partial charge on any atom is -0.397 e. The lowest BCUT2D eigenvalue weighted by molar-refractivity contribution is 0.0667. The predicted octanol–water partition coefficient (Wildman–Crippen LogP) is 2.31. The van der Waals surface area contributed by atoms with Gasteiger partial charge in [0, 0.05) is 19.3 Å². The number of anilines is 1. The highest BCUT2D eigenvalue weighted by atomic mass is 16.2. The van der Waals surface area contributed by atoms with Crippen LogP contribution in [0.1, 0.15) is 43.1 Å². The third kappa shape index (κ3) is 2.63. The van der Waals surface area contributed by atoms with E-state index in [1.807, 2.05) is 11.9 Å². The Bertz CT molecular complexity index is 433. The molecule has 1 aromatic heterocycles. The number of hydrogen-bond donors (Lipinski definition) is 1. The van der Waals surface area contributed by atoms with Gasteiger partial charge in [0.15, 0.2) is 5.69 Å². The van der Waals surface area contributed by atoms with Gasteiger partial charge >= 0.3 is 0 Å². The highest BCUT2D eigenvalue weighted by Crippen LogP contribution is 2.27. The second kappa shape index (κ2) is 5.38. The fraction of sp³-hybridized carbons (Fsp3) is 0.571. The molecule has 2 atom stereocenters. The molecule has 2 N–H and O–H groups in total. The molecule has 2 rings (SSSR count). The zero-order valence-corrected chi connectivity index (χ0v) is 11.1. The van der Waals surface area contributed by atoms with E-state index in [0.717, 1.165) is 12.8 Å². The van der Waals surface area contributed by atoms with Crippen molar-refractivity contribution in [3.05, 3.63) is 24.0 Å². The first kappa shape index (κ1) is 12.9. The molecular formula is C14H21N3O. The third-order valence-corrected chi connectivity index (χ3v) is 3.82. The van der Waals surface area contributed by atoms with Crippen LogP contribution in [-0.4, -0.2) is 28.9 Å². The van der Waals surface area contributed by atoms with Gasteiger partial charge in [-0.2, -0.15) is 0 Å². The van der Waals surface area contributed by atoms with E-state index in [2.05, 4.69) is 11.9 Å². The lowest BCUT2D eigenvalue weighted by Crippen LogP contribution is -2.40. The van der Waals surface area contributed by atoms with Crippen LogP contribution >= 0.6 is 0 Å². The van der Waals surface area contributed by atoms with Crippen LogP contribution in [0.4, 0.5) is 5.69 Å². The van der Waals surface area contributed by atoms with Gasteiger partial charge in [0.25, 0.3) is 5.91 Å². The number of pyridine rings is 1. The zero-order valence-electron chi connectivity index (χ0n) is 11.1. The van der Waals surface area contributed by atoms with Gasteiger partial charge in [0.05, 0.1) is 5.69 Å². The van der Waals surface area contributed by atoms with Crippen molar-refractivity contribution < 1.29 is 4.79 Å². The van der Waals surface area contributed by atoms with Crippen LogP contribution in [0.3, 0.4) is 0 Å². The average molecular weight is 247 g/mol. The first-order valence-electron chi connectivity index (χ1n) is 6.57. The Labute approximate surface area is 108 Å². The van der Waals surface area contributed by atoms with Crippen LogP contribution in [0, 0.1) is 5.92 Å². The van der Waals surface area contributed by atoms with E-state index >= 15 is 0 Å². The summed E-state index contributed by atoms with van der Waals surface area (Å²) in [6.07, 6.45) is 6.24. The van der Waals surface area contributed by atoms with Crippen LogP contribution in [0.2, 0.25) is 0 Å². The SMILES string of the molecule is CC1CCCC(N(C)C(=O)c2ncccc2N)C1. The van der Waals surface area contributed by atoms with Crippen LogP contribution in [0.15, 0.2) is 18.3 Å². The van der Waals surface area contributed by atoms with Gasteiger partial charge in [0.1, 0.15) is 0 Å². The van der Waals surface area contributed by atoms with E-state index in [1.54, 1.807) is 18.3 Å². The number of rotatable bonds is 2. The molecule has 98 valence electrons. The highest BCUT2D eigenvalue weighted by Gasteiger charge is 2.27. The highest BCUT2D eigenvalue weighted by molar-refractivity contribution is 5.97. The summed E-state index contributed by atoms with van der Waals surface area (Å²) < 4.78 is 0. The smallest absolute Gasteiger partial charge is 0.274 e. The molecule has 1 saturated carbocycles. The van der Waals surface area contributed by atoms with Crippen LogP contribution in [0.25, 0.3) is 0 Å². The number of nitrogens with two attached hydrogens (primary N) is 1. The normalized spacial score (nSPS) is 23.7. The molecule has 0 radical (unpaired) electrons. The Morgan fingerprint density at radius 3 is 2.94 bits per heavy atom. The first-order valence-corrected chi connectivity index (χ1v) is 6.57. The number of aromatic nitrogens is 1. The molecule has 0 spiro atoms. The van der Waals surface area contributed by atoms with Crippen molar-refractivity contribution in [1.29, 1.82) is 0 Å². The topological polar surface area (TPSA) is 59.2 Å². The molecule has 0 saturated heterocycles. The van der Waals surface area contributed by atoms with Crippen molar-refractivity contribution in [3.63, 3.8) is 0 Å². The van der Waals surface area contributed by atoms with Crippen molar-refractivity contribution in [1.82, 2.24) is 9.88 Å². The minimum absolute atomic E-state index is 0.0628. The average Bonchev–Trinajstić information content (AvgIpc) is 2.37. The number of hydrogen-bond acceptors (Lipinski definition) is 3. The number of carbonyl (C=O) groups excluding carboxylic acids is 1. The fourth-order valence-electron chi connectivity index (χ4n) is 2.68. The van der Waals surface area contributed by atoms with E-state index in [9.17, 15) is 4.79 Å². The molecule has 4 nitrogen and oxygen atoms in total. The lowest BCUT2D eigenvalue weighted by atomic mass is 9.86. The van der Waals surface area contributed by atoms with Gasteiger partial charge in [-0.05, 0) is 30.9 Å². The maximum absolute atomic E-state index is 12.4. The summed E-state index contributed by atoms with van der Waals surface area (Å²) in [5.74, 6) is 0.632. The van der Waals surface area contributed by atoms with Crippen LogP contribution in [-0.2, 0) is 0 Å². The number of carbonyl (C=O) groups is 1. The summed E-state index contributed by atoms with van der Waals surface area (Å²) in [5, 5.41) is 0. The third-order valence-electron chi connectivity index (χ3n) is 3.82. The van der Waals surface area contributed by atoms with Crippen molar-refractivity contribution in [2.45, 2.75) is 38.6 Å². The van der Waals surface area contributed by atoms with Gasteiger partial charge in [-0.3, -0.25) is 4.79 Å². The summed E-state index contributed by atoms with van der Waals surface area (Å²) in [6, 6.07) is 3.79. The first-order chi connectivity index (χ1) is 8.59. The minimum atomic E-state index is -0.0628. The molecular weight excluding hydrogens is 226 g/mol. The van der Waals surface area contributed by atoms with Gasteiger partial charge in [0.2, 0.25) is 0 Å². The Hall–Kier alpha value is -1.58. The molecule has 2 unspecified atom stereocenters. The molecule has 1 aliphatic carbocycles. The lowest BCUT2D eigenvalue weighted by Gasteiger charge is -2.34. The molecule has 4 heteroatoms. The molecule has 1 aliphatic rings. The van der Waals surface area contributed by atoms with Crippen molar-refractivity contribution in [2.24, 2.45) is 5.92 Å². The van der Waals surface area contributed by atoms with Gasteiger partial charge < -0.3 is 10.6 Å². The van der Waals surface area contributed by atoms with E-state index < -0.39 is 0 Å². The zero-order chi connectivity index (χ0) is 13.1. The second-order valence-electron chi connectivity index (χ2n) is 5.28. The number of amides is 1. The number of nitrogen functional groups attached to an aromatic ring is 1. The molecule has 0 aromatic carbocycles. The quantitative estimate of drug-likeness (QED) is 0.872. The maximum Gasteiger partial charge on any atom is 0.274 e. The molecule has 18 heavy (non-hydrogen) atoms.